The highest BCUT2D eigenvalue weighted by atomic mass is 127. The highest BCUT2D eigenvalue weighted by molar-refractivity contribution is 7.95. The van der Waals surface area contributed by atoms with Crippen molar-refractivity contribution in [3.8, 4) is 0 Å². The van der Waals surface area contributed by atoms with E-state index in [0.29, 0.717) is 0 Å². The Bertz CT molecular complexity index is 1270. The van der Waals surface area contributed by atoms with Crippen LogP contribution in [0.1, 0.15) is 44.8 Å². The summed E-state index contributed by atoms with van der Waals surface area (Å²) in [6.45, 7) is 16.0. The molecule has 0 saturated heterocycles. The second kappa shape index (κ2) is 14.0. The molecule has 0 aliphatic heterocycles. The smallest absolute Gasteiger partial charge is 0.192 e. The maximum atomic E-state index is 7.21. The van der Waals surface area contributed by atoms with Gasteiger partial charge in [-0.1, -0.05) is 75.4 Å². The quantitative estimate of drug-likeness (QED) is 0.122. The molecule has 6 heteroatoms. The number of hydrogen-bond donors (Lipinski definition) is 0. The Morgan fingerprint density at radius 1 is 0.875 bits per heavy atom. The molecule has 1 aromatic heterocycles. The zero-order valence-corrected chi connectivity index (χ0v) is 29.8. The Balaban J connectivity index is 0.00000441. The van der Waals surface area contributed by atoms with Crippen LogP contribution in [0, 0.1) is 6.92 Å². The van der Waals surface area contributed by atoms with Gasteiger partial charge in [-0.05, 0) is 80.0 Å². The molecule has 2 nitrogen and oxygen atoms in total. The first-order valence-corrected chi connectivity index (χ1v) is 19.6. The molecule has 212 valence electrons. The van der Waals surface area contributed by atoms with Crippen molar-refractivity contribution in [2.24, 2.45) is 0 Å². The predicted molar refractivity (Wildman–Crippen MR) is 177 cm³/mol. The van der Waals surface area contributed by atoms with Gasteiger partial charge in [0.1, 0.15) is 23.2 Å². The molecule has 0 aliphatic rings. The van der Waals surface area contributed by atoms with Crippen molar-refractivity contribution in [3.63, 3.8) is 0 Å². The third-order valence-corrected chi connectivity index (χ3v) is 17.8. The standard InChI is InChI=1S/C34H43NOPSSi.HI/c1-27(25-29-26-38-28(2)35-29)33(36-39(6,7)34(3,4)5)23-24-37(30-17-11-8-12-18-30,31-19-13-9-14-20-31)32-21-15-10-16-22-32;/h8-22,25-26,33H,23-24H2,1-7H3;1H/q+1;/p-1. The van der Waals surface area contributed by atoms with E-state index in [1.165, 1.54) is 21.5 Å². The van der Waals surface area contributed by atoms with E-state index in [1.807, 2.05) is 0 Å². The molecule has 40 heavy (non-hydrogen) atoms. The minimum absolute atomic E-state index is 0. The van der Waals surface area contributed by atoms with Crippen LogP contribution in [0.4, 0.5) is 0 Å². The van der Waals surface area contributed by atoms with E-state index in [2.05, 4.69) is 150 Å². The molecule has 0 spiro atoms. The summed E-state index contributed by atoms with van der Waals surface area (Å²) >= 11 is 1.70. The fraction of sp³-hybridized carbons (Fsp3) is 0.324. The number of rotatable bonds is 10. The van der Waals surface area contributed by atoms with Crippen molar-refractivity contribution in [1.82, 2.24) is 4.98 Å². The van der Waals surface area contributed by atoms with E-state index < -0.39 is 15.6 Å². The van der Waals surface area contributed by atoms with Crippen LogP contribution in [0.5, 0.6) is 0 Å². The van der Waals surface area contributed by atoms with Gasteiger partial charge in [-0.3, -0.25) is 0 Å². The van der Waals surface area contributed by atoms with Crippen molar-refractivity contribution in [2.45, 2.75) is 65.3 Å². The van der Waals surface area contributed by atoms with E-state index in [9.17, 15) is 0 Å². The summed E-state index contributed by atoms with van der Waals surface area (Å²) in [5, 5.41) is 7.64. The maximum absolute atomic E-state index is 7.21. The lowest BCUT2D eigenvalue weighted by Crippen LogP contribution is -3.00. The molecule has 0 amide bonds. The van der Waals surface area contributed by atoms with Crippen molar-refractivity contribution in [2.75, 3.05) is 6.16 Å². The number of halogens is 1. The van der Waals surface area contributed by atoms with Crippen molar-refractivity contribution in [3.05, 3.63) is 113 Å². The van der Waals surface area contributed by atoms with E-state index in [-0.39, 0.29) is 35.1 Å². The van der Waals surface area contributed by atoms with Gasteiger partial charge >= 0.3 is 0 Å². The molecule has 1 atom stereocenters. The van der Waals surface area contributed by atoms with Gasteiger partial charge in [-0.25, -0.2) is 4.98 Å². The van der Waals surface area contributed by atoms with E-state index >= 15 is 0 Å². The summed E-state index contributed by atoms with van der Waals surface area (Å²) in [4.78, 5) is 4.73. The lowest BCUT2D eigenvalue weighted by atomic mass is 10.1. The highest BCUT2D eigenvalue weighted by Crippen LogP contribution is 2.56. The third-order valence-electron chi connectivity index (χ3n) is 8.08. The molecule has 0 fully saturated rings. The number of aromatic nitrogens is 1. The van der Waals surface area contributed by atoms with Crippen molar-refractivity contribution in [1.29, 1.82) is 0 Å². The van der Waals surface area contributed by atoms with Gasteiger partial charge in [-0.15, -0.1) is 11.3 Å². The minimum atomic E-state index is -2.02. The number of hydrogen-bond acceptors (Lipinski definition) is 3. The van der Waals surface area contributed by atoms with Gasteiger partial charge in [0.2, 0.25) is 0 Å². The summed E-state index contributed by atoms with van der Waals surface area (Å²) < 4.78 is 7.21. The van der Waals surface area contributed by atoms with Gasteiger partial charge in [0.05, 0.1) is 23.0 Å². The zero-order chi connectivity index (χ0) is 28.1. The Morgan fingerprint density at radius 3 is 1.70 bits per heavy atom. The van der Waals surface area contributed by atoms with Crippen LogP contribution in [0.15, 0.2) is 102 Å². The Morgan fingerprint density at radius 2 is 1.32 bits per heavy atom. The van der Waals surface area contributed by atoms with Crippen LogP contribution < -0.4 is 39.9 Å². The summed E-state index contributed by atoms with van der Waals surface area (Å²) in [5.74, 6) is 0. The normalized spacial score (nSPS) is 13.5. The highest BCUT2D eigenvalue weighted by Gasteiger charge is 2.46. The molecule has 0 bridgehead atoms. The number of nitrogens with zero attached hydrogens (tertiary/aromatic N) is 1. The molecule has 1 heterocycles. The second-order valence-corrected chi connectivity index (χ2v) is 21.3. The largest absolute Gasteiger partial charge is 1.00 e. The van der Waals surface area contributed by atoms with Crippen LogP contribution in [0.3, 0.4) is 0 Å². The van der Waals surface area contributed by atoms with Gasteiger partial charge in [0, 0.05) is 11.8 Å². The van der Waals surface area contributed by atoms with E-state index in [4.69, 9.17) is 9.41 Å². The molecular formula is C34H43INOPSSi. The summed E-state index contributed by atoms with van der Waals surface area (Å²) in [6.07, 6.45) is 4.26. The number of thiazole rings is 1. The molecule has 3 aromatic carbocycles. The number of benzene rings is 3. The topological polar surface area (TPSA) is 22.1 Å². The van der Waals surface area contributed by atoms with Crippen molar-refractivity contribution >= 4 is 48.9 Å². The fourth-order valence-electron chi connectivity index (χ4n) is 4.88. The fourth-order valence-corrected chi connectivity index (χ4v) is 11.2. The molecule has 0 N–H and O–H groups in total. The average Bonchev–Trinajstić information content (AvgIpc) is 3.33. The molecule has 0 aliphatic carbocycles. The van der Waals surface area contributed by atoms with Crippen molar-refractivity contribution < 1.29 is 28.4 Å². The van der Waals surface area contributed by atoms with Crippen LogP contribution in [-0.2, 0) is 4.43 Å². The lowest BCUT2D eigenvalue weighted by molar-refractivity contribution is -0.00000932. The van der Waals surface area contributed by atoms with Crippen LogP contribution >= 0.6 is 18.6 Å². The van der Waals surface area contributed by atoms with Crippen LogP contribution in [0.2, 0.25) is 18.1 Å². The Labute approximate surface area is 264 Å². The molecule has 0 saturated carbocycles. The zero-order valence-electron chi connectivity index (χ0n) is 24.9. The summed E-state index contributed by atoms with van der Waals surface area (Å²) in [7, 11) is -3.96. The Hall–Kier alpha value is -1.63. The summed E-state index contributed by atoms with van der Waals surface area (Å²) in [5.41, 5.74) is 2.30. The van der Waals surface area contributed by atoms with Gasteiger partial charge in [0.25, 0.3) is 0 Å². The number of aryl methyl sites for hydroxylation is 1. The molecule has 4 rings (SSSR count). The molecular weight excluding hydrogens is 656 g/mol. The Kier molecular flexibility index (Phi) is 11.5. The van der Waals surface area contributed by atoms with Crippen LogP contribution in [-0.4, -0.2) is 25.6 Å². The maximum Gasteiger partial charge on any atom is 0.192 e. The SMILES string of the molecule is CC(=Cc1csc(C)n1)C(CC[P+](c1ccccc1)(c1ccccc1)c1ccccc1)O[Si](C)(C)C(C)(C)C.[I-]. The lowest BCUT2D eigenvalue weighted by Gasteiger charge is -2.40. The predicted octanol–water partition coefficient (Wildman–Crippen LogP) is 5.63. The molecule has 4 aromatic rings. The molecule has 1 unspecified atom stereocenters. The third kappa shape index (κ3) is 7.60. The van der Waals surface area contributed by atoms with Gasteiger partial charge in [-0.2, -0.15) is 0 Å². The minimum Gasteiger partial charge on any atom is -1.00 e. The first kappa shape index (κ1) is 32.9. The van der Waals surface area contributed by atoms with Gasteiger partial charge < -0.3 is 28.4 Å². The second-order valence-electron chi connectivity index (χ2n) is 11.9. The first-order chi connectivity index (χ1) is 18.5. The van der Waals surface area contributed by atoms with E-state index in [0.717, 1.165) is 23.3 Å². The first-order valence-electron chi connectivity index (χ1n) is 13.9. The van der Waals surface area contributed by atoms with Crippen LogP contribution in [0.25, 0.3) is 6.08 Å². The van der Waals surface area contributed by atoms with E-state index in [1.54, 1.807) is 11.3 Å². The monoisotopic (exact) mass is 699 g/mol. The average molecular weight is 700 g/mol. The molecule has 0 radical (unpaired) electrons. The summed E-state index contributed by atoms with van der Waals surface area (Å²) in [6, 6.07) is 33.5. The van der Waals surface area contributed by atoms with Gasteiger partial charge in [0.15, 0.2) is 8.32 Å².